The third-order valence-corrected chi connectivity index (χ3v) is 3.91. The van der Waals surface area contributed by atoms with Gasteiger partial charge >= 0.3 is 5.97 Å². The fourth-order valence-corrected chi connectivity index (χ4v) is 2.30. The van der Waals surface area contributed by atoms with Crippen LogP contribution in [-0.2, 0) is 4.79 Å². The number of carboxylic acids is 1. The molecule has 14 heavy (non-hydrogen) atoms. The number of carboxylic acid groups (broad SMARTS) is 1. The molecule has 0 heterocycles. The second-order valence-electron chi connectivity index (χ2n) is 5.97. The van der Waals surface area contributed by atoms with Crippen molar-refractivity contribution in [3.8, 4) is 0 Å². The maximum atomic E-state index is 11.1. The third kappa shape index (κ3) is 2.28. The molecule has 1 rings (SSSR count). The largest absolute Gasteiger partial charge is 0.481 e. The minimum atomic E-state index is -0.651. The summed E-state index contributed by atoms with van der Waals surface area (Å²) in [5, 5.41) is 9.12. The molecule has 2 nitrogen and oxygen atoms in total. The summed E-state index contributed by atoms with van der Waals surface area (Å²) in [7, 11) is 0. The van der Waals surface area contributed by atoms with E-state index in [4.69, 9.17) is 5.11 Å². The van der Waals surface area contributed by atoms with Crippen molar-refractivity contribution in [2.75, 3.05) is 0 Å². The van der Waals surface area contributed by atoms with Gasteiger partial charge < -0.3 is 5.11 Å². The van der Waals surface area contributed by atoms with E-state index in [9.17, 15) is 4.79 Å². The van der Waals surface area contributed by atoms with Gasteiger partial charge in [0.15, 0.2) is 0 Å². The Labute approximate surface area is 86.7 Å². The summed E-state index contributed by atoms with van der Waals surface area (Å²) in [6.07, 6.45) is 4.45. The van der Waals surface area contributed by atoms with Gasteiger partial charge in [-0.1, -0.05) is 13.8 Å². The van der Waals surface area contributed by atoms with E-state index in [1.54, 1.807) is 0 Å². The average molecular weight is 198 g/mol. The molecule has 1 aliphatic rings. The minimum absolute atomic E-state index is 0.355. The van der Waals surface area contributed by atoms with Crippen molar-refractivity contribution < 1.29 is 9.90 Å². The molecule has 1 N–H and O–H groups in total. The first-order chi connectivity index (χ1) is 6.26. The van der Waals surface area contributed by atoms with Gasteiger partial charge in [-0.25, -0.2) is 0 Å². The van der Waals surface area contributed by atoms with Crippen molar-refractivity contribution in [3.05, 3.63) is 0 Å². The number of carbonyl (C=O) groups is 1. The van der Waals surface area contributed by atoms with E-state index >= 15 is 0 Å². The van der Waals surface area contributed by atoms with Gasteiger partial charge in [0.25, 0.3) is 0 Å². The third-order valence-electron chi connectivity index (χ3n) is 3.91. The Kier molecular flexibility index (Phi) is 2.93. The first-order valence-corrected chi connectivity index (χ1v) is 5.49. The van der Waals surface area contributed by atoms with Crippen LogP contribution >= 0.6 is 0 Å². The molecular formula is C12H22O2. The molecule has 0 aromatic carbocycles. The number of rotatable bonds is 2. The Morgan fingerprint density at radius 2 is 1.71 bits per heavy atom. The van der Waals surface area contributed by atoms with E-state index in [2.05, 4.69) is 13.8 Å². The number of hydrogen-bond donors (Lipinski definition) is 1. The van der Waals surface area contributed by atoms with Gasteiger partial charge in [0, 0.05) is 0 Å². The normalized spacial score (nSPS) is 23.4. The summed E-state index contributed by atoms with van der Waals surface area (Å²) in [5.74, 6) is -0.296. The van der Waals surface area contributed by atoms with Crippen LogP contribution in [0.5, 0.6) is 0 Å². The van der Waals surface area contributed by atoms with Gasteiger partial charge in [-0.3, -0.25) is 4.79 Å². The van der Waals surface area contributed by atoms with E-state index < -0.39 is 11.4 Å². The van der Waals surface area contributed by atoms with E-state index in [1.165, 1.54) is 0 Å². The van der Waals surface area contributed by atoms with Crippen LogP contribution in [0.2, 0.25) is 0 Å². The predicted octanol–water partition coefficient (Wildman–Crippen LogP) is 3.31. The molecular weight excluding hydrogens is 176 g/mol. The molecule has 0 aromatic rings. The highest BCUT2D eigenvalue weighted by Gasteiger charge is 2.40. The molecule has 0 bridgehead atoms. The van der Waals surface area contributed by atoms with Gasteiger partial charge in [0.05, 0.1) is 5.41 Å². The molecule has 0 unspecified atom stereocenters. The average Bonchev–Trinajstić information content (AvgIpc) is 2.03. The summed E-state index contributed by atoms with van der Waals surface area (Å²) < 4.78 is 0. The first-order valence-electron chi connectivity index (χ1n) is 5.49. The van der Waals surface area contributed by atoms with E-state index in [-0.39, 0.29) is 0 Å². The molecule has 0 aliphatic heterocycles. The molecule has 0 amide bonds. The molecule has 1 aliphatic carbocycles. The second-order valence-corrected chi connectivity index (χ2v) is 5.97. The van der Waals surface area contributed by atoms with E-state index in [0.29, 0.717) is 11.3 Å². The number of hydrogen-bond acceptors (Lipinski definition) is 1. The lowest BCUT2D eigenvalue weighted by Gasteiger charge is -2.40. The zero-order valence-electron chi connectivity index (χ0n) is 9.76. The lowest BCUT2D eigenvalue weighted by Crippen LogP contribution is -2.36. The summed E-state index contributed by atoms with van der Waals surface area (Å²) in [6, 6.07) is 0. The molecule has 0 radical (unpaired) electrons. The Morgan fingerprint density at radius 1 is 1.29 bits per heavy atom. The molecule has 0 spiro atoms. The molecule has 0 aromatic heterocycles. The fraction of sp³-hybridized carbons (Fsp3) is 0.917. The van der Waals surface area contributed by atoms with Crippen molar-refractivity contribution in [3.63, 3.8) is 0 Å². The highest BCUT2D eigenvalue weighted by Crippen LogP contribution is 2.45. The zero-order chi connectivity index (χ0) is 11.0. The van der Waals surface area contributed by atoms with Gasteiger partial charge in [-0.2, -0.15) is 0 Å². The Balaban J connectivity index is 2.62. The smallest absolute Gasteiger partial charge is 0.309 e. The lowest BCUT2D eigenvalue weighted by atomic mass is 9.65. The van der Waals surface area contributed by atoms with Crippen LogP contribution in [0.15, 0.2) is 0 Å². The van der Waals surface area contributed by atoms with Crippen molar-refractivity contribution in [2.45, 2.75) is 53.4 Å². The highest BCUT2D eigenvalue weighted by atomic mass is 16.4. The van der Waals surface area contributed by atoms with Crippen LogP contribution in [0.4, 0.5) is 0 Å². The van der Waals surface area contributed by atoms with Gasteiger partial charge in [-0.05, 0) is 50.9 Å². The summed E-state index contributed by atoms with van der Waals surface area (Å²) in [5.41, 5.74) is -0.123. The van der Waals surface area contributed by atoms with Crippen LogP contribution in [0, 0.1) is 16.7 Å². The summed E-state index contributed by atoms with van der Waals surface area (Å²) >= 11 is 0. The Hall–Kier alpha value is -0.530. The fourth-order valence-electron chi connectivity index (χ4n) is 2.30. The lowest BCUT2D eigenvalue weighted by molar-refractivity contribution is -0.151. The predicted molar refractivity (Wildman–Crippen MR) is 57.2 cm³/mol. The van der Waals surface area contributed by atoms with E-state index in [1.807, 2.05) is 13.8 Å². The topological polar surface area (TPSA) is 37.3 Å². The van der Waals surface area contributed by atoms with Crippen molar-refractivity contribution in [2.24, 2.45) is 16.7 Å². The van der Waals surface area contributed by atoms with Gasteiger partial charge in [0.2, 0.25) is 0 Å². The van der Waals surface area contributed by atoms with Crippen LogP contribution in [0.25, 0.3) is 0 Å². The van der Waals surface area contributed by atoms with Crippen molar-refractivity contribution in [1.82, 2.24) is 0 Å². The molecule has 1 saturated carbocycles. The van der Waals surface area contributed by atoms with Crippen molar-refractivity contribution >= 4 is 5.97 Å². The van der Waals surface area contributed by atoms with Crippen LogP contribution < -0.4 is 0 Å². The van der Waals surface area contributed by atoms with Gasteiger partial charge in [-0.15, -0.1) is 0 Å². The molecule has 82 valence electrons. The Morgan fingerprint density at radius 3 is 2.07 bits per heavy atom. The molecule has 0 saturated heterocycles. The highest BCUT2D eigenvalue weighted by molar-refractivity contribution is 5.74. The zero-order valence-corrected chi connectivity index (χ0v) is 9.76. The maximum Gasteiger partial charge on any atom is 0.309 e. The van der Waals surface area contributed by atoms with Crippen LogP contribution in [0.3, 0.4) is 0 Å². The molecule has 0 atom stereocenters. The SMILES string of the molecule is CC1(C)CCC(C(C)(C)C(=O)O)CC1. The summed E-state index contributed by atoms with van der Waals surface area (Å²) in [6.45, 7) is 8.27. The monoisotopic (exact) mass is 198 g/mol. The van der Waals surface area contributed by atoms with Crippen LogP contribution in [-0.4, -0.2) is 11.1 Å². The first kappa shape index (κ1) is 11.5. The quantitative estimate of drug-likeness (QED) is 0.739. The maximum absolute atomic E-state index is 11.1. The molecule has 2 heteroatoms. The van der Waals surface area contributed by atoms with Gasteiger partial charge in [0.1, 0.15) is 0 Å². The van der Waals surface area contributed by atoms with E-state index in [0.717, 1.165) is 25.7 Å². The second kappa shape index (κ2) is 3.56. The Bertz CT molecular complexity index is 218. The number of aliphatic carboxylic acids is 1. The minimum Gasteiger partial charge on any atom is -0.481 e. The molecule has 1 fully saturated rings. The van der Waals surface area contributed by atoms with Crippen molar-refractivity contribution in [1.29, 1.82) is 0 Å². The standard InChI is InChI=1S/C12H22O2/c1-11(2)7-5-9(6-8-11)12(3,4)10(13)14/h9H,5-8H2,1-4H3,(H,13,14). The van der Waals surface area contributed by atoms with Crippen LogP contribution in [0.1, 0.15) is 53.4 Å². The summed E-state index contributed by atoms with van der Waals surface area (Å²) in [4.78, 5) is 11.1.